The van der Waals surface area contributed by atoms with Crippen molar-refractivity contribution in [3.8, 4) is 17.6 Å². The molecule has 0 radical (unpaired) electrons. The number of rotatable bonds is 11. The predicted octanol–water partition coefficient (Wildman–Crippen LogP) is 3.57. The molecule has 0 bridgehead atoms. The van der Waals surface area contributed by atoms with E-state index in [1.165, 1.54) is 30.6 Å². The van der Waals surface area contributed by atoms with Crippen molar-refractivity contribution < 1.29 is 32.5 Å². The van der Waals surface area contributed by atoms with Crippen LogP contribution in [0.15, 0.2) is 78.0 Å². The lowest BCUT2D eigenvalue weighted by molar-refractivity contribution is 0.0544. The van der Waals surface area contributed by atoms with Crippen LogP contribution in [0.4, 0.5) is 5.69 Å². The van der Waals surface area contributed by atoms with Crippen molar-refractivity contribution in [2.75, 3.05) is 38.3 Å². The second-order valence-corrected chi connectivity index (χ2v) is 9.74. The van der Waals surface area contributed by atoms with Crippen LogP contribution in [-0.2, 0) is 19.5 Å². The maximum Gasteiger partial charge on any atom is 0.354 e. The summed E-state index contributed by atoms with van der Waals surface area (Å²) in [6.07, 6.45) is 2.87. The van der Waals surface area contributed by atoms with Gasteiger partial charge in [-0.1, -0.05) is 30.0 Å². The van der Waals surface area contributed by atoms with Crippen molar-refractivity contribution in [2.24, 2.45) is 0 Å². The molecule has 2 heterocycles. The summed E-state index contributed by atoms with van der Waals surface area (Å²) in [6, 6.07) is 16.1. The topological polar surface area (TPSA) is 137 Å². The largest absolute Gasteiger partial charge is 0.491 e. The van der Waals surface area contributed by atoms with Crippen LogP contribution >= 0.6 is 0 Å². The van der Waals surface area contributed by atoms with E-state index in [1.54, 1.807) is 49.6 Å². The number of hydrogen-bond acceptors (Lipinski definition) is 8. The van der Waals surface area contributed by atoms with Gasteiger partial charge in [0.05, 0.1) is 36.6 Å². The van der Waals surface area contributed by atoms with Crippen molar-refractivity contribution in [1.82, 2.24) is 9.97 Å². The third-order valence-corrected chi connectivity index (χ3v) is 6.77. The van der Waals surface area contributed by atoms with Crippen molar-refractivity contribution in [3.63, 3.8) is 0 Å². The normalized spacial score (nSPS) is 11.0. The summed E-state index contributed by atoms with van der Waals surface area (Å²) in [4.78, 5) is 19.2. The fourth-order valence-corrected chi connectivity index (χ4v) is 4.76. The van der Waals surface area contributed by atoms with Crippen LogP contribution in [0.5, 0.6) is 5.75 Å². The average Bonchev–Trinajstić information content (AvgIpc) is 2.94. The van der Waals surface area contributed by atoms with Crippen molar-refractivity contribution in [2.45, 2.75) is 4.90 Å². The maximum absolute atomic E-state index is 13.4. The number of carbonyl (C=O) groups is 1. The first-order valence-electron chi connectivity index (χ1n) is 11.8. The van der Waals surface area contributed by atoms with Gasteiger partial charge in [0.15, 0.2) is 0 Å². The van der Waals surface area contributed by atoms with E-state index >= 15 is 0 Å². The van der Waals surface area contributed by atoms with Gasteiger partial charge in [-0.3, -0.25) is 9.71 Å². The van der Waals surface area contributed by atoms with E-state index in [9.17, 15) is 13.2 Å². The van der Waals surface area contributed by atoms with Gasteiger partial charge >= 0.3 is 5.97 Å². The summed E-state index contributed by atoms with van der Waals surface area (Å²) in [6.45, 7) is 1.52. The molecule has 11 heteroatoms. The van der Waals surface area contributed by atoms with Gasteiger partial charge in [0.25, 0.3) is 10.0 Å². The molecule has 2 aromatic heterocycles. The first-order chi connectivity index (χ1) is 18.9. The van der Waals surface area contributed by atoms with Gasteiger partial charge < -0.3 is 19.3 Å². The molecule has 0 aliphatic rings. The summed E-state index contributed by atoms with van der Waals surface area (Å²) >= 11 is 0. The molecule has 0 amide bonds. The van der Waals surface area contributed by atoms with E-state index < -0.39 is 16.0 Å². The SMILES string of the molecule is COCCOCCOc1ccc(NS(=O)(=O)c2cccc3cccnc23)c(C#Cc2ccc(C(=O)O)nc2)c1. The van der Waals surface area contributed by atoms with Gasteiger partial charge in [0.2, 0.25) is 0 Å². The van der Waals surface area contributed by atoms with E-state index in [4.69, 9.17) is 19.3 Å². The second kappa shape index (κ2) is 12.8. The average molecular weight is 548 g/mol. The quantitative estimate of drug-likeness (QED) is 0.213. The number of anilines is 1. The Kier molecular flexibility index (Phi) is 9.06. The first-order valence-corrected chi connectivity index (χ1v) is 13.3. The molecule has 0 unspecified atom stereocenters. The van der Waals surface area contributed by atoms with Crippen LogP contribution in [0, 0.1) is 11.8 Å². The number of carboxylic acid groups (broad SMARTS) is 1. The number of fused-ring (bicyclic) bond motifs is 1. The lowest BCUT2D eigenvalue weighted by atomic mass is 10.1. The minimum absolute atomic E-state index is 0.0292. The highest BCUT2D eigenvalue weighted by Crippen LogP contribution is 2.27. The maximum atomic E-state index is 13.4. The lowest BCUT2D eigenvalue weighted by Gasteiger charge is -2.13. The lowest BCUT2D eigenvalue weighted by Crippen LogP contribution is -2.15. The number of pyridine rings is 2. The molecule has 0 spiro atoms. The zero-order chi connectivity index (χ0) is 27.7. The smallest absolute Gasteiger partial charge is 0.354 e. The molecule has 0 aliphatic heterocycles. The third-order valence-electron chi connectivity index (χ3n) is 5.37. The van der Waals surface area contributed by atoms with Crippen LogP contribution in [0.25, 0.3) is 10.9 Å². The van der Waals surface area contributed by atoms with Crippen molar-refractivity contribution in [1.29, 1.82) is 0 Å². The van der Waals surface area contributed by atoms with Crippen LogP contribution in [-0.4, -0.2) is 63.0 Å². The summed E-state index contributed by atoms with van der Waals surface area (Å²) in [7, 11) is -2.44. The fraction of sp³-hybridized carbons (Fsp3) is 0.179. The number of aromatic nitrogens is 2. The Labute approximate surface area is 225 Å². The number of nitrogens with one attached hydrogen (secondary N) is 1. The predicted molar refractivity (Wildman–Crippen MR) is 144 cm³/mol. The minimum Gasteiger partial charge on any atom is -0.491 e. The van der Waals surface area contributed by atoms with E-state index in [0.29, 0.717) is 47.6 Å². The Balaban J connectivity index is 1.63. The number of sulfonamides is 1. The molecule has 0 saturated carbocycles. The Morgan fingerprint density at radius 1 is 0.974 bits per heavy atom. The second-order valence-electron chi connectivity index (χ2n) is 8.09. The highest BCUT2D eigenvalue weighted by atomic mass is 32.2. The monoisotopic (exact) mass is 547 g/mol. The molecule has 10 nitrogen and oxygen atoms in total. The van der Waals surface area contributed by atoms with Crippen LogP contribution in [0.1, 0.15) is 21.6 Å². The molecule has 0 aliphatic carbocycles. The Bertz CT molecular complexity index is 1620. The van der Waals surface area contributed by atoms with Crippen molar-refractivity contribution in [3.05, 3.63) is 89.9 Å². The molecule has 0 fully saturated rings. The number of ether oxygens (including phenoxy) is 3. The zero-order valence-electron chi connectivity index (χ0n) is 21.0. The molecule has 2 aromatic carbocycles. The fourth-order valence-electron chi connectivity index (χ4n) is 3.49. The van der Waals surface area contributed by atoms with Gasteiger partial charge in [-0.2, -0.15) is 0 Å². The standard InChI is InChI=1S/C28H25N3O7S/c1-36-14-15-37-16-17-38-23-10-12-24(22(18-23)9-7-20-8-11-25(28(32)33)30-19-20)31-39(34,35)26-6-2-4-21-5-3-13-29-27(21)26/h2-6,8,10-13,18-19,31H,14-17H2,1H3,(H,32,33). The molecular formula is C28H25N3O7S. The number of methoxy groups -OCH3 is 1. The van der Waals surface area contributed by atoms with E-state index in [1.807, 2.05) is 0 Å². The summed E-state index contributed by atoms with van der Waals surface area (Å²) < 4.78 is 45.5. The van der Waals surface area contributed by atoms with Gasteiger partial charge in [0, 0.05) is 30.5 Å². The van der Waals surface area contributed by atoms with Gasteiger partial charge in [-0.25, -0.2) is 18.2 Å². The number of carboxylic acids is 1. The summed E-state index contributed by atoms with van der Waals surface area (Å²) in [5.41, 5.74) is 1.25. The third kappa shape index (κ3) is 7.30. The number of benzene rings is 2. The van der Waals surface area contributed by atoms with E-state index in [0.717, 1.165) is 0 Å². The van der Waals surface area contributed by atoms with Crippen LogP contribution in [0.3, 0.4) is 0 Å². The number of hydrogen-bond donors (Lipinski definition) is 2. The first kappa shape index (κ1) is 27.5. The molecule has 0 saturated heterocycles. The minimum atomic E-state index is -4.03. The Morgan fingerprint density at radius 2 is 1.79 bits per heavy atom. The Morgan fingerprint density at radius 3 is 2.56 bits per heavy atom. The molecule has 39 heavy (non-hydrogen) atoms. The van der Waals surface area contributed by atoms with Gasteiger partial charge in [-0.15, -0.1) is 0 Å². The molecular weight excluding hydrogens is 522 g/mol. The molecule has 2 N–H and O–H groups in total. The molecule has 4 rings (SSSR count). The van der Waals surface area contributed by atoms with E-state index in [2.05, 4.69) is 26.5 Å². The summed E-state index contributed by atoms with van der Waals surface area (Å²) in [5.74, 6) is 5.15. The van der Waals surface area contributed by atoms with Crippen molar-refractivity contribution >= 4 is 32.6 Å². The van der Waals surface area contributed by atoms with Crippen LogP contribution < -0.4 is 9.46 Å². The number of para-hydroxylation sites is 1. The number of aromatic carboxylic acids is 1. The molecule has 0 atom stereocenters. The van der Waals surface area contributed by atoms with E-state index in [-0.39, 0.29) is 22.9 Å². The van der Waals surface area contributed by atoms with Crippen LogP contribution in [0.2, 0.25) is 0 Å². The van der Waals surface area contributed by atoms with Gasteiger partial charge in [0.1, 0.15) is 22.9 Å². The molecule has 200 valence electrons. The summed E-state index contributed by atoms with van der Waals surface area (Å²) in [5, 5.41) is 9.74. The Hall–Kier alpha value is -4.50. The van der Waals surface area contributed by atoms with Gasteiger partial charge in [-0.05, 0) is 42.5 Å². The highest BCUT2D eigenvalue weighted by molar-refractivity contribution is 7.93. The molecule has 4 aromatic rings. The highest BCUT2D eigenvalue weighted by Gasteiger charge is 2.20. The number of nitrogens with zero attached hydrogens (tertiary/aromatic N) is 2. The zero-order valence-corrected chi connectivity index (χ0v) is 21.8.